The molecule has 0 aliphatic carbocycles. The summed E-state index contributed by atoms with van der Waals surface area (Å²) in [4.78, 5) is 4.53. The van der Waals surface area contributed by atoms with Crippen LogP contribution in [-0.2, 0) is 6.42 Å². The third-order valence-corrected chi connectivity index (χ3v) is 2.81. The SMILES string of the molecule is CCCc1cnc(-c2ccccc2)cc1C. The van der Waals surface area contributed by atoms with Crippen molar-refractivity contribution < 1.29 is 0 Å². The summed E-state index contributed by atoms with van der Waals surface area (Å²) >= 11 is 0. The Bertz CT molecular complexity index is 460. The van der Waals surface area contributed by atoms with Crippen LogP contribution in [0.25, 0.3) is 11.3 Å². The lowest BCUT2D eigenvalue weighted by Crippen LogP contribution is -1.92. The Hall–Kier alpha value is -1.63. The van der Waals surface area contributed by atoms with Gasteiger partial charge in [-0.05, 0) is 30.5 Å². The zero-order valence-electron chi connectivity index (χ0n) is 9.90. The van der Waals surface area contributed by atoms with Crippen LogP contribution < -0.4 is 0 Å². The Morgan fingerprint density at radius 1 is 1.12 bits per heavy atom. The molecule has 2 aromatic rings. The fraction of sp³-hybridized carbons (Fsp3) is 0.267. The van der Waals surface area contributed by atoms with Gasteiger partial charge in [-0.3, -0.25) is 4.98 Å². The van der Waals surface area contributed by atoms with Crippen LogP contribution in [0.15, 0.2) is 42.6 Å². The van der Waals surface area contributed by atoms with Crippen molar-refractivity contribution in [1.29, 1.82) is 0 Å². The summed E-state index contributed by atoms with van der Waals surface area (Å²) in [6, 6.07) is 12.5. The van der Waals surface area contributed by atoms with Gasteiger partial charge in [0.05, 0.1) is 5.69 Å². The van der Waals surface area contributed by atoms with Crippen LogP contribution in [0.4, 0.5) is 0 Å². The minimum atomic E-state index is 1.07. The predicted octanol–water partition coefficient (Wildman–Crippen LogP) is 4.01. The smallest absolute Gasteiger partial charge is 0.0704 e. The summed E-state index contributed by atoms with van der Waals surface area (Å²) < 4.78 is 0. The molecule has 0 aliphatic rings. The van der Waals surface area contributed by atoms with E-state index in [1.54, 1.807) is 0 Å². The zero-order valence-corrected chi connectivity index (χ0v) is 9.90. The maximum absolute atomic E-state index is 4.53. The van der Waals surface area contributed by atoms with Crippen molar-refractivity contribution in [2.75, 3.05) is 0 Å². The van der Waals surface area contributed by atoms with E-state index in [9.17, 15) is 0 Å². The molecule has 1 aromatic carbocycles. The van der Waals surface area contributed by atoms with Crippen LogP contribution in [0.1, 0.15) is 24.5 Å². The lowest BCUT2D eigenvalue weighted by molar-refractivity contribution is 0.904. The molecule has 1 nitrogen and oxygen atoms in total. The van der Waals surface area contributed by atoms with Gasteiger partial charge in [0, 0.05) is 11.8 Å². The average molecular weight is 211 g/mol. The van der Waals surface area contributed by atoms with Crippen molar-refractivity contribution in [3.05, 3.63) is 53.7 Å². The number of aryl methyl sites for hydroxylation is 2. The molecule has 0 amide bonds. The van der Waals surface area contributed by atoms with Crippen LogP contribution in [0.5, 0.6) is 0 Å². The molecule has 0 fully saturated rings. The van der Waals surface area contributed by atoms with Crippen LogP contribution >= 0.6 is 0 Å². The van der Waals surface area contributed by atoms with Crippen molar-refractivity contribution >= 4 is 0 Å². The molecule has 0 unspecified atom stereocenters. The van der Waals surface area contributed by atoms with E-state index in [0.29, 0.717) is 0 Å². The van der Waals surface area contributed by atoms with Crippen LogP contribution in [0.3, 0.4) is 0 Å². The predicted molar refractivity (Wildman–Crippen MR) is 68.4 cm³/mol. The normalized spacial score (nSPS) is 10.4. The van der Waals surface area contributed by atoms with Gasteiger partial charge in [0.2, 0.25) is 0 Å². The van der Waals surface area contributed by atoms with Crippen molar-refractivity contribution in [2.24, 2.45) is 0 Å². The number of rotatable bonds is 3. The van der Waals surface area contributed by atoms with E-state index in [-0.39, 0.29) is 0 Å². The molecule has 0 saturated carbocycles. The second-order valence-electron chi connectivity index (χ2n) is 4.11. The van der Waals surface area contributed by atoms with E-state index in [2.05, 4.69) is 37.0 Å². The van der Waals surface area contributed by atoms with E-state index >= 15 is 0 Å². The third-order valence-electron chi connectivity index (χ3n) is 2.81. The maximum Gasteiger partial charge on any atom is 0.0704 e. The van der Waals surface area contributed by atoms with E-state index in [0.717, 1.165) is 12.1 Å². The largest absolute Gasteiger partial charge is 0.256 e. The number of hydrogen-bond donors (Lipinski definition) is 0. The molecule has 82 valence electrons. The monoisotopic (exact) mass is 211 g/mol. The fourth-order valence-electron chi connectivity index (χ4n) is 1.88. The standard InChI is InChI=1S/C15H17N/c1-3-7-14-11-16-15(10-12(14)2)13-8-5-4-6-9-13/h4-6,8-11H,3,7H2,1-2H3. The van der Waals surface area contributed by atoms with Crippen molar-refractivity contribution in [3.8, 4) is 11.3 Å². The first-order valence-corrected chi connectivity index (χ1v) is 5.82. The van der Waals surface area contributed by atoms with E-state index in [1.165, 1.54) is 23.1 Å². The lowest BCUT2D eigenvalue weighted by atomic mass is 10.0. The Labute approximate surface area is 97.2 Å². The number of hydrogen-bond acceptors (Lipinski definition) is 1. The van der Waals surface area contributed by atoms with Gasteiger partial charge < -0.3 is 0 Å². The highest BCUT2D eigenvalue weighted by atomic mass is 14.7. The summed E-state index contributed by atoms with van der Waals surface area (Å²) in [6.07, 6.45) is 4.31. The van der Waals surface area contributed by atoms with Crippen LogP contribution in [0.2, 0.25) is 0 Å². The Kier molecular flexibility index (Phi) is 3.35. The molecule has 1 aromatic heterocycles. The van der Waals surface area contributed by atoms with Gasteiger partial charge >= 0.3 is 0 Å². The van der Waals surface area contributed by atoms with Gasteiger partial charge in [-0.15, -0.1) is 0 Å². The summed E-state index contributed by atoms with van der Waals surface area (Å²) in [6.45, 7) is 4.36. The van der Waals surface area contributed by atoms with Crippen LogP contribution in [0, 0.1) is 6.92 Å². The number of nitrogens with zero attached hydrogens (tertiary/aromatic N) is 1. The summed E-state index contributed by atoms with van der Waals surface area (Å²) in [7, 11) is 0. The quantitative estimate of drug-likeness (QED) is 0.747. The second-order valence-corrected chi connectivity index (χ2v) is 4.11. The van der Waals surface area contributed by atoms with Gasteiger partial charge in [-0.1, -0.05) is 43.7 Å². The molecule has 0 spiro atoms. The van der Waals surface area contributed by atoms with Gasteiger partial charge in [0.1, 0.15) is 0 Å². The molecule has 0 aliphatic heterocycles. The molecule has 1 heterocycles. The van der Waals surface area contributed by atoms with Gasteiger partial charge in [-0.2, -0.15) is 0 Å². The highest BCUT2D eigenvalue weighted by Crippen LogP contribution is 2.19. The molecule has 16 heavy (non-hydrogen) atoms. The van der Waals surface area contributed by atoms with Gasteiger partial charge in [0.25, 0.3) is 0 Å². The van der Waals surface area contributed by atoms with Gasteiger partial charge in [-0.25, -0.2) is 0 Å². The minimum Gasteiger partial charge on any atom is -0.256 e. The molecule has 1 heteroatoms. The van der Waals surface area contributed by atoms with E-state index in [1.807, 2.05) is 24.4 Å². The Morgan fingerprint density at radius 3 is 2.50 bits per heavy atom. The minimum absolute atomic E-state index is 1.07. The third kappa shape index (κ3) is 2.30. The van der Waals surface area contributed by atoms with Gasteiger partial charge in [0.15, 0.2) is 0 Å². The van der Waals surface area contributed by atoms with Crippen molar-refractivity contribution in [1.82, 2.24) is 4.98 Å². The van der Waals surface area contributed by atoms with E-state index in [4.69, 9.17) is 0 Å². The van der Waals surface area contributed by atoms with Crippen LogP contribution in [-0.4, -0.2) is 4.98 Å². The Morgan fingerprint density at radius 2 is 1.88 bits per heavy atom. The molecule has 0 bridgehead atoms. The first-order valence-electron chi connectivity index (χ1n) is 5.82. The molecule has 0 atom stereocenters. The topological polar surface area (TPSA) is 12.9 Å². The summed E-state index contributed by atoms with van der Waals surface area (Å²) in [5.41, 5.74) is 4.96. The molecule has 0 radical (unpaired) electrons. The van der Waals surface area contributed by atoms with E-state index < -0.39 is 0 Å². The number of aromatic nitrogens is 1. The number of pyridine rings is 1. The zero-order chi connectivity index (χ0) is 11.4. The molecule has 0 saturated heterocycles. The molecular weight excluding hydrogens is 194 g/mol. The average Bonchev–Trinajstić information content (AvgIpc) is 2.33. The summed E-state index contributed by atoms with van der Waals surface area (Å²) in [5.74, 6) is 0. The first kappa shape index (κ1) is 10.9. The summed E-state index contributed by atoms with van der Waals surface area (Å²) in [5, 5.41) is 0. The maximum atomic E-state index is 4.53. The lowest BCUT2D eigenvalue weighted by Gasteiger charge is -2.06. The molecule has 0 N–H and O–H groups in total. The fourth-order valence-corrected chi connectivity index (χ4v) is 1.88. The first-order chi connectivity index (χ1) is 7.81. The van der Waals surface area contributed by atoms with Crippen molar-refractivity contribution in [3.63, 3.8) is 0 Å². The molecule has 2 rings (SSSR count). The van der Waals surface area contributed by atoms with Crippen molar-refractivity contribution in [2.45, 2.75) is 26.7 Å². The Balaban J connectivity index is 2.35. The second kappa shape index (κ2) is 4.93. The highest BCUT2D eigenvalue weighted by Gasteiger charge is 2.02. The molecular formula is C15H17N. The number of benzene rings is 1. The highest BCUT2D eigenvalue weighted by molar-refractivity contribution is 5.59.